The molecule has 0 bridgehead atoms. The van der Waals surface area contributed by atoms with Crippen molar-refractivity contribution in [1.29, 1.82) is 0 Å². The van der Waals surface area contributed by atoms with Gasteiger partial charge in [-0.3, -0.25) is 9.36 Å². The van der Waals surface area contributed by atoms with Gasteiger partial charge in [-0.2, -0.15) is 0 Å². The van der Waals surface area contributed by atoms with Crippen LogP contribution >= 0.6 is 34.4 Å². The zero-order valence-corrected chi connectivity index (χ0v) is 25.5. The predicted molar refractivity (Wildman–Crippen MR) is 173 cm³/mol. The molecule has 3 aromatic carbocycles. The van der Waals surface area contributed by atoms with Gasteiger partial charge < -0.3 is 5.32 Å². The molecule has 0 fully saturated rings. The maximum absolute atomic E-state index is 13.0. The Balaban J connectivity index is 1.11. The number of nitrogens with zero attached hydrogens (tertiary/aromatic N) is 4. The average molecular weight is 608 g/mol. The fraction of sp³-hybridized carbons (Fsp3) is 0.152. The van der Waals surface area contributed by atoms with E-state index in [1.165, 1.54) is 28.0 Å². The number of nitrogens with one attached hydrogen (secondary N) is 1. The molecule has 210 valence electrons. The first-order valence-electron chi connectivity index (χ1n) is 13.7. The Morgan fingerprint density at radius 1 is 0.905 bits per heavy atom. The summed E-state index contributed by atoms with van der Waals surface area (Å²) in [6, 6.07) is 33.3. The number of aromatic nitrogens is 4. The topological polar surface area (TPSA) is 72.7 Å². The second kappa shape index (κ2) is 13.3. The number of carbonyl (C=O) groups is 1. The highest BCUT2D eigenvalue weighted by atomic mass is 32.2. The van der Waals surface area contributed by atoms with E-state index in [4.69, 9.17) is 0 Å². The summed E-state index contributed by atoms with van der Waals surface area (Å²) in [5.41, 5.74) is 5.13. The van der Waals surface area contributed by atoms with Gasteiger partial charge in [0.05, 0.1) is 16.3 Å². The summed E-state index contributed by atoms with van der Waals surface area (Å²) in [7, 11) is 0. The van der Waals surface area contributed by atoms with Crippen LogP contribution in [-0.4, -0.2) is 32.2 Å². The molecule has 0 aliphatic heterocycles. The SMILES string of the molecule is Cc1cccc(-n2c(SCc3nc(C(=O)NCCC(c4ccccc4)c4ccccc4)cs3)nnc2-c2cccs2)c1. The minimum Gasteiger partial charge on any atom is -0.351 e. The minimum absolute atomic E-state index is 0.148. The number of thiophene rings is 1. The van der Waals surface area contributed by atoms with Crippen LogP contribution in [0, 0.1) is 6.92 Å². The first-order valence-corrected chi connectivity index (χ1v) is 16.4. The van der Waals surface area contributed by atoms with Crippen molar-refractivity contribution >= 4 is 40.3 Å². The maximum atomic E-state index is 13.0. The first-order chi connectivity index (χ1) is 20.7. The number of rotatable bonds is 11. The van der Waals surface area contributed by atoms with E-state index in [1.807, 2.05) is 35.0 Å². The van der Waals surface area contributed by atoms with Crippen molar-refractivity contribution in [1.82, 2.24) is 25.1 Å². The van der Waals surface area contributed by atoms with E-state index in [0.717, 1.165) is 33.0 Å². The van der Waals surface area contributed by atoms with Gasteiger partial charge in [-0.25, -0.2) is 4.98 Å². The molecule has 0 aliphatic rings. The number of amides is 1. The molecule has 42 heavy (non-hydrogen) atoms. The highest BCUT2D eigenvalue weighted by Crippen LogP contribution is 2.32. The van der Waals surface area contributed by atoms with E-state index in [9.17, 15) is 4.79 Å². The second-order valence-corrected chi connectivity index (χ2v) is 12.6. The monoisotopic (exact) mass is 607 g/mol. The fourth-order valence-electron chi connectivity index (χ4n) is 4.85. The van der Waals surface area contributed by atoms with Gasteiger partial charge in [0.15, 0.2) is 11.0 Å². The molecule has 6 nitrogen and oxygen atoms in total. The van der Waals surface area contributed by atoms with E-state index in [-0.39, 0.29) is 11.8 Å². The summed E-state index contributed by atoms with van der Waals surface area (Å²) in [5.74, 6) is 1.47. The minimum atomic E-state index is -0.148. The van der Waals surface area contributed by atoms with E-state index < -0.39 is 0 Å². The molecule has 9 heteroatoms. The van der Waals surface area contributed by atoms with Crippen molar-refractivity contribution in [2.24, 2.45) is 0 Å². The predicted octanol–water partition coefficient (Wildman–Crippen LogP) is 8.01. The van der Waals surface area contributed by atoms with E-state index in [2.05, 4.69) is 105 Å². The molecule has 0 saturated heterocycles. The normalized spacial score (nSPS) is 11.2. The summed E-state index contributed by atoms with van der Waals surface area (Å²) in [6.07, 6.45) is 0.799. The maximum Gasteiger partial charge on any atom is 0.270 e. The van der Waals surface area contributed by atoms with Crippen LogP contribution in [0.5, 0.6) is 0 Å². The lowest BCUT2D eigenvalue weighted by molar-refractivity contribution is 0.0948. The van der Waals surface area contributed by atoms with Crippen molar-refractivity contribution in [3.63, 3.8) is 0 Å². The molecule has 3 heterocycles. The molecule has 0 unspecified atom stereocenters. The molecular formula is C33H29N5OS3. The van der Waals surface area contributed by atoms with Crippen LogP contribution in [0.3, 0.4) is 0 Å². The van der Waals surface area contributed by atoms with Crippen molar-refractivity contribution in [3.8, 4) is 16.4 Å². The van der Waals surface area contributed by atoms with Gasteiger partial charge in [0.25, 0.3) is 5.91 Å². The number of thioether (sulfide) groups is 1. The third-order valence-corrected chi connectivity index (χ3v) is 9.70. The Kier molecular flexibility index (Phi) is 8.89. The summed E-state index contributed by atoms with van der Waals surface area (Å²) in [5, 5.41) is 17.7. The molecular weight excluding hydrogens is 579 g/mol. The zero-order chi connectivity index (χ0) is 28.7. The second-order valence-electron chi connectivity index (χ2n) is 9.79. The van der Waals surface area contributed by atoms with Gasteiger partial charge in [0.1, 0.15) is 10.7 Å². The Hall–Kier alpha value is -4.05. The fourth-order valence-corrected chi connectivity index (χ4v) is 7.30. The third-order valence-electron chi connectivity index (χ3n) is 6.87. The van der Waals surface area contributed by atoms with Gasteiger partial charge in [-0.05, 0) is 53.6 Å². The van der Waals surface area contributed by atoms with E-state index in [1.54, 1.807) is 23.1 Å². The molecule has 0 aliphatic carbocycles. The van der Waals surface area contributed by atoms with Crippen LogP contribution in [0.1, 0.15) is 44.5 Å². The molecule has 1 N–H and O–H groups in total. The third kappa shape index (κ3) is 6.54. The van der Waals surface area contributed by atoms with Crippen molar-refractivity contribution < 1.29 is 4.79 Å². The van der Waals surface area contributed by atoms with Gasteiger partial charge in [0, 0.05) is 17.8 Å². The van der Waals surface area contributed by atoms with Crippen LogP contribution in [0.2, 0.25) is 0 Å². The average Bonchev–Trinajstić information content (AvgIpc) is 3.80. The number of hydrogen-bond acceptors (Lipinski definition) is 7. The van der Waals surface area contributed by atoms with Crippen LogP contribution < -0.4 is 5.32 Å². The molecule has 6 rings (SSSR count). The number of aryl methyl sites for hydroxylation is 1. The van der Waals surface area contributed by atoms with Gasteiger partial charge in [-0.15, -0.1) is 32.9 Å². The molecule has 0 radical (unpaired) electrons. The molecule has 6 aromatic rings. The van der Waals surface area contributed by atoms with Crippen LogP contribution in [0.15, 0.2) is 113 Å². The highest BCUT2D eigenvalue weighted by molar-refractivity contribution is 7.98. The molecule has 0 spiro atoms. The highest BCUT2D eigenvalue weighted by Gasteiger charge is 2.19. The lowest BCUT2D eigenvalue weighted by Gasteiger charge is -2.18. The summed E-state index contributed by atoms with van der Waals surface area (Å²) in [6.45, 7) is 2.64. The van der Waals surface area contributed by atoms with E-state index in [0.29, 0.717) is 18.0 Å². The lowest BCUT2D eigenvalue weighted by atomic mass is 9.88. The lowest BCUT2D eigenvalue weighted by Crippen LogP contribution is -2.26. The zero-order valence-electron chi connectivity index (χ0n) is 23.0. The Labute approximate surface area is 257 Å². The quantitative estimate of drug-likeness (QED) is 0.151. The van der Waals surface area contributed by atoms with Crippen LogP contribution in [0.25, 0.3) is 16.4 Å². The van der Waals surface area contributed by atoms with Gasteiger partial charge >= 0.3 is 0 Å². The first kappa shape index (κ1) is 28.1. The van der Waals surface area contributed by atoms with E-state index >= 15 is 0 Å². The Morgan fingerprint density at radius 3 is 2.36 bits per heavy atom. The van der Waals surface area contributed by atoms with Crippen molar-refractivity contribution in [2.75, 3.05) is 6.54 Å². The number of benzene rings is 3. The smallest absolute Gasteiger partial charge is 0.270 e. The molecule has 0 atom stereocenters. The Bertz CT molecular complexity index is 1710. The summed E-state index contributed by atoms with van der Waals surface area (Å²) >= 11 is 4.70. The largest absolute Gasteiger partial charge is 0.351 e. The Morgan fingerprint density at radius 2 is 1.67 bits per heavy atom. The van der Waals surface area contributed by atoms with Crippen molar-refractivity contribution in [2.45, 2.75) is 30.2 Å². The molecule has 0 saturated carbocycles. The van der Waals surface area contributed by atoms with Crippen LogP contribution in [-0.2, 0) is 5.75 Å². The molecule has 3 aromatic heterocycles. The van der Waals surface area contributed by atoms with Crippen molar-refractivity contribution in [3.05, 3.63) is 135 Å². The number of thiazole rings is 1. The standard InChI is InChI=1S/C33H29N5OS3/c1-23-10-8-15-26(20-23)38-31(29-16-9-19-40-29)36-37-33(38)42-22-30-35-28(21-41-30)32(39)34-18-17-27(24-11-4-2-5-12-24)25-13-6-3-7-14-25/h2-16,19-21,27H,17-18,22H2,1H3,(H,34,39). The van der Waals surface area contributed by atoms with Crippen LogP contribution in [0.4, 0.5) is 0 Å². The molecule has 1 amide bonds. The summed E-state index contributed by atoms with van der Waals surface area (Å²) in [4.78, 5) is 18.7. The van der Waals surface area contributed by atoms with Gasteiger partial charge in [0.2, 0.25) is 0 Å². The van der Waals surface area contributed by atoms with Gasteiger partial charge in [-0.1, -0.05) is 90.6 Å². The number of carbonyl (C=O) groups excluding carboxylic acids is 1. The number of hydrogen-bond donors (Lipinski definition) is 1. The summed E-state index contributed by atoms with van der Waals surface area (Å²) < 4.78 is 2.10.